The second-order valence-corrected chi connectivity index (χ2v) is 5.82. The summed E-state index contributed by atoms with van der Waals surface area (Å²) < 4.78 is 48.5. The Bertz CT molecular complexity index is 1100. The number of halogens is 3. The standard InChI is InChI=1S/C17H11F3N6O2/c1-9-23-15(27-25-9)12-3-2-10(8-22-12)6-14-24-16(28-26-14)13-7-11(4-5-21-13)17(18,19)20/h2-5,7-8H,6H2,1H3. The topological polar surface area (TPSA) is 104 Å². The highest BCUT2D eigenvalue weighted by Gasteiger charge is 2.31. The zero-order chi connectivity index (χ0) is 19.7. The van der Waals surface area contributed by atoms with Crippen molar-refractivity contribution >= 4 is 0 Å². The lowest BCUT2D eigenvalue weighted by atomic mass is 10.2. The second-order valence-electron chi connectivity index (χ2n) is 5.82. The van der Waals surface area contributed by atoms with Crippen LogP contribution in [-0.2, 0) is 12.6 Å². The first-order chi connectivity index (χ1) is 13.4. The van der Waals surface area contributed by atoms with Gasteiger partial charge in [0, 0.05) is 18.8 Å². The number of pyridine rings is 2. The molecule has 0 saturated carbocycles. The molecule has 4 aromatic rings. The Morgan fingerprint density at radius 1 is 0.929 bits per heavy atom. The van der Waals surface area contributed by atoms with Crippen LogP contribution in [0.4, 0.5) is 13.2 Å². The summed E-state index contributed by atoms with van der Waals surface area (Å²) in [4.78, 5) is 16.3. The Hall–Kier alpha value is -3.63. The van der Waals surface area contributed by atoms with E-state index in [1.54, 1.807) is 25.3 Å². The van der Waals surface area contributed by atoms with Gasteiger partial charge in [0.15, 0.2) is 11.6 Å². The summed E-state index contributed by atoms with van der Waals surface area (Å²) in [6.07, 6.45) is -1.57. The molecule has 0 aliphatic rings. The van der Waals surface area contributed by atoms with Gasteiger partial charge in [-0.3, -0.25) is 9.97 Å². The minimum Gasteiger partial charge on any atom is -0.332 e. The van der Waals surface area contributed by atoms with Crippen LogP contribution in [-0.4, -0.2) is 30.2 Å². The fourth-order valence-electron chi connectivity index (χ4n) is 2.39. The molecule has 28 heavy (non-hydrogen) atoms. The zero-order valence-electron chi connectivity index (χ0n) is 14.3. The maximum atomic E-state index is 12.8. The van der Waals surface area contributed by atoms with Gasteiger partial charge in [-0.05, 0) is 30.7 Å². The molecule has 4 heterocycles. The number of hydrogen-bond acceptors (Lipinski definition) is 8. The Labute approximate surface area is 155 Å². The molecule has 0 aromatic carbocycles. The van der Waals surface area contributed by atoms with Gasteiger partial charge in [0.2, 0.25) is 0 Å². The predicted molar refractivity (Wildman–Crippen MR) is 87.6 cm³/mol. The van der Waals surface area contributed by atoms with E-state index in [4.69, 9.17) is 9.05 Å². The summed E-state index contributed by atoms with van der Waals surface area (Å²) >= 11 is 0. The van der Waals surface area contributed by atoms with Crippen molar-refractivity contribution in [2.24, 2.45) is 0 Å². The number of nitrogens with zero attached hydrogens (tertiary/aromatic N) is 6. The quantitative estimate of drug-likeness (QED) is 0.523. The molecule has 0 spiro atoms. The molecular formula is C17H11F3N6O2. The zero-order valence-corrected chi connectivity index (χ0v) is 14.3. The van der Waals surface area contributed by atoms with E-state index in [2.05, 4.69) is 30.2 Å². The van der Waals surface area contributed by atoms with E-state index in [9.17, 15) is 13.2 Å². The van der Waals surface area contributed by atoms with Crippen LogP contribution in [0.1, 0.15) is 22.8 Å². The molecule has 142 valence electrons. The number of aryl methyl sites for hydroxylation is 1. The minimum atomic E-state index is -4.48. The van der Waals surface area contributed by atoms with Crippen molar-refractivity contribution in [2.75, 3.05) is 0 Å². The highest BCUT2D eigenvalue weighted by molar-refractivity contribution is 5.49. The molecule has 4 aromatic heterocycles. The van der Waals surface area contributed by atoms with Crippen LogP contribution in [0, 0.1) is 6.92 Å². The summed E-state index contributed by atoms with van der Waals surface area (Å²) in [5.74, 6) is 1.01. The Balaban J connectivity index is 1.51. The molecule has 0 atom stereocenters. The van der Waals surface area contributed by atoms with Gasteiger partial charge in [0.05, 0.1) is 5.56 Å². The highest BCUT2D eigenvalue weighted by Crippen LogP contribution is 2.30. The maximum Gasteiger partial charge on any atom is 0.416 e. The summed E-state index contributed by atoms with van der Waals surface area (Å²) in [7, 11) is 0. The first-order valence-corrected chi connectivity index (χ1v) is 8.00. The first kappa shape index (κ1) is 17.8. The van der Waals surface area contributed by atoms with Gasteiger partial charge in [-0.1, -0.05) is 16.4 Å². The van der Waals surface area contributed by atoms with E-state index in [0.717, 1.165) is 23.9 Å². The maximum absolute atomic E-state index is 12.8. The van der Waals surface area contributed by atoms with Crippen LogP contribution in [0.25, 0.3) is 23.2 Å². The normalized spacial score (nSPS) is 11.7. The number of hydrogen-bond donors (Lipinski definition) is 0. The summed E-state index contributed by atoms with van der Waals surface area (Å²) in [5.41, 5.74) is 0.401. The van der Waals surface area contributed by atoms with Crippen molar-refractivity contribution in [3.05, 3.63) is 59.4 Å². The van der Waals surface area contributed by atoms with Crippen molar-refractivity contribution < 1.29 is 22.2 Å². The Morgan fingerprint density at radius 3 is 2.39 bits per heavy atom. The van der Waals surface area contributed by atoms with E-state index in [0.29, 0.717) is 17.4 Å². The van der Waals surface area contributed by atoms with Crippen molar-refractivity contribution in [3.63, 3.8) is 0 Å². The van der Waals surface area contributed by atoms with Gasteiger partial charge in [-0.15, -0.1) is 0 Å². The molecule has 0 bridgehead atoms. The van der Waals surface area contributed by atoms with Gasteiger partial charge in [0.25, 0.3) is 11.8 Å². The van der Waals surface area contributed by atoms with E-state index in [-0.39, 0.29) is 23.8 Å². The molecule has 8 nitrogen and oxygen atoms in total. The van der Waals surface area contributed by atoms with Gasteiger partial charge in [0.1, 0.15) is 11.4 Å². The van der Waals surface area contributed by atoms with Gasteiger partial charge >= 0.3 is 6.18 Å². The smallest absolute Gasteiger partial charge is 0.332 e. The van der Waals surface area contributed by atoms with E-state index >= 15 is 0 Å². The van der Waals surface area contributed by atoms with Crippen molar-refractivity contribution in [1.29, 1.82) is 0 Å². The Kier molecular flexibility index (Phi) is 4.34. The Morgan fingerprint density at radius 2 is 1.71 bits per heavy atom. The lowest BCUT2D eigenvalue weighted by Gasteiger charge is -2.05. The molecule has 0 radical (unpaired) electrons. The molecule has 0 amide bonds. The molecule has 0 unspecified atom stereocenters. The van der Waals surface area contributed by atoms with Crippen molar-refractivity contribution in [1.82, 2.24) is 30.2 Å². The molecule has 0 saturated heterocycles. The van der Waals surface area contributed by atoms with Crippen LogP contribution < -0.4 is 0 Å². The van der Waals surface area contributed by atoms with Gasteiger partial charge < -0.3 is 9.05 Å². The van der Waals surface area contributed by atoms with E-state index < -0.39 is 11.7 Å². The number of aromatic nitrogens is 6. The number of alkyl halides is 3. The molecule has 0 aliphatic heterocycles. The lowest BCUT2D eigenvalue weighted by Crippen LogP contribution is -2.05. The third-order valence-corrected chi connectivity index (χ3v) is 3.71. The third kappa shape index (κ3) is 3.72. The fourth-order valence-corrected chi connectivity index (χ4v) is 2.39. The summed E-state index contributed by atoms with van der Waals surface area (Å²) in [6, 6.07) is 5.22. The van der Waals surface area contributed by atoms with Crippen LogP contribution in [0.2, 0.25) is 0 Å². The van der Waals surface area contributed by atoms with Crippen LogP contribution in [0.15, 0.2) is 45.7 Å². The SMILES string of the molecule is Cc1noc(-c2ccc(Cc3noc(-c4cc(C(F)(F)F)ccn4)n3)cn2)n1. The molecule has 0 fully saturated rings. The molecular weight excluding hydrogens is 377 g/mol. The molecule has 0 N–H and O–H groups in total. The van der Waals surface area contributed by atoms with Gasteiger partial charge in [-0.2, -0.15) is 23.1 Å². The average molecular weight is 388 g/mol. The van der Waals surface area contributed by atoms with Crippen LogP contribution in [0.5, 0.6) is 0 Å². The largest absolute Gasteiger partial charge is 0.416 e. The third-order valence-electron chi connectivity index (χ3n) is 3.71. The van der Waals surface area contributed by atoms with Gasteiger partial charge in [-0.25, -0.2) is 0 Å². The van der Waals surface area contributed by atoms with Crippen molar-refractivity contribution in [2.45, 2.75) is 19.5 Å². The summed E-state index contributed by atoms with van der Waals surface area (Å²) in [6.45, 7) is 1.70. The summed E-state index contributed by atoms with van der Waals surface area (Å²) in [5, 5.41) is 7.49. The van der Waals surface area contributed by atoms with Crippen LogP contribution >= 0.6 is 0 Å². The average Bonchev–Trinajstić information content (AvgIpc) is 3.31. The second kappa shape index (κ2) is 6.83. The van der Waals surface area contributed by atoms with Crippen LogP contribution in [0.3, 0.4) is 0 Å². The lowest BCUT2D eigenvalue weighted by molar-refractivity contribution is -0.137. The minimum absolute atomic E-state index is 0.0474. The molecule has 0 aliphatic carbocycles. The van der Waals surface area contributed by atoms with Crippen molar-refractivity contribution in [3.8, 4) is 23.2 Å². The molecule has 4 rings (SSSR count). The molecule has 11 heteroatoms. The van der Waals surface area contributed by atoms with E-state index in [1.165, 1.54) is 0 Å². The number of rotatable bonds is 4. The highest BCUT2D eigenvalue weighted by atomic mass is 19.4. The first-order valence-electron chi connectivity index (χ1n) is 8.00. The predicted octanol–water partition coefficient (Wildman–Crippen LogP) is 3.49. The van der Waals surface area contributed by atoms with E-state index in [1.807, 2.05) is 0 Å². The fraction of sp³-hybridized carbons (Fsp3) is 0.176. The monoisotopic (exact) mass is 388 g/mol.